The number of ketones is 1. The van der Waals surface area contributed by atoms with E-state index in [0.29, 0.717) is 13.0 Å². The molecule has 2 atom stereocenters. The Hall–Kier alpha value is -1.43. The fourth-order valence-corrected chi connectivity index (χ4v) is 2.72. The van der Waals surface area contributed by atoms with E-state index in [2.05, 4.69) is 5.32 Å². The molecule has 21 heavy (non-hydrogen) atoms. The van der Waals surface area contributed by atoms with Crippen LogP contribution in [0.4, 0.5) is 0 Å². The number of Topliss-reactive ketones (excluding diaryl/α,β-unsaturated/α-hetero) is 1. The number of nitrogens with one attached hydrogen (secondary N) is 1. The predicted molar refractivity (Wildman–Crippen MR) is 78.7 cm³/mol. The molecule has 0 aromatic heterocycles. The molecule has 1 saturated heterocycles. The molecular formula is C15H26N2O4. The minimum atomic E-state index is -0.473. The van der Waals surface area contributed by atoms with Gasteiger partial charge in [-0.3, -0.25) is 19.3 Å². The van der Waals surface area contributed by atoms with Crippen LogP contribution in [0.15, 0.2) is 0 Å². The molecule has 6 heteroatoms. The van der Waals surface area contributed by atoms with Gasteiger partial charge in [0, 0.05) is 0 Å². The number of piperidine rings is 1. The van der Waals surface area contributed by atoms with Crippen LogP contribution in [0.1, 0.15) is 40.0 Å². The number of hydrogen-bond acceptors (Lipinski definition) is 5. The molecule has 1 rings (SSSR count). The standard InChI is InChI=1S/C15H26N2O4/c1-10(2)14(11(3)18)16-13(19)9-17-8-6-5-7-12(17)15(20)21-4/h10,12,14H,5-9H2,1-4H3,(H,16,19). The lowest BCUT2D eigenvalue weighted by molar-refractivity contribution is -0.149. The summed E-state index contributed by atoms with van der Waals surface area (Å²) in [7, 11) is 1.36. The van der Waals surface area contributed by atoms with Crippen molar-refractivity contribution in [3.8, 4) is 0 Å². The molecule has 1 fully saturated rings. The van der Waals surface area contributed by atoms with Gasteiger partial charge in [-0.25, -0.2) is 0 Å². The summed E-state index contributed by atoms with van der Waals surface area (Å²) in [5.41, 5.74) is 0. The number of methoxy groups -OCH3 is 1. The van der Waals surface area contributed by atoms with Crippen LogP contribution < -0.4 is 5.32 Å². The molecule has 6 nitrogen and oxygen atoms in total. The monoisotopic (exact) mass is 298 g/mol. The molecule has 0 aromatic rings. The Labute approximate surface area is 126 Å². The molecule has 120 valence electrons. The molecule has 0 aliphatic carbocycles. The fraction of sp³-hybridized carbons (Fsp3) is 0.800. The summed E-state index contributed by atoms with van der Waals surface area (Å²) in [5.74, 6) is -0.528. The molecule has 0 bridgehead atoms. The molecular weight excluding hydrogens is 272 g/mol. The largest absolute Gasteiger partial charge is 0.468 e. The number of amides is 1. The zero-order valence-corrected chi connectivity index (χ0v) is 13.3. The molecule has 1 N–H and O–H groups in total. The number of nitrogens with zero attached hydrogens (tertiary/aromatic N) is 1. The quantitative estimate of drug-likeness (QED) is 0.732. The van der Waals surface area contributed by atoms with Gasteiger partial charge in [0.05, 0.1) is 19.7 Å². The van der Waals surface area contributed by atoms with Crippen molar-refractivity contribution in [2.45, 2.75) is 52.1 Å². The molecule has 0 saturated carbocycles. The number of carbonyl (C=O) groups is 3. The van der Waals surface area contributed by atoms with Crippen LogP contribution in [-0.4, -0.2) is 54.8 Å². The Morgan fingerprint density at radius 2 is 1.95 bits per heavy atom. The van der Waals surface area contributed by atoms with Crippen molar-refractivity contribution >= 4 is 17.7 Å². The number of hydrogen-bond donors (Lipinski definition) is 1. The van der Waals surface area contributed by atoms with E-state index in [1.807, 2.05) is 18.7 Å². The van der Waals surface area contributed by atoms with E-state index in [-0.39, 0.29) is 36.2 Å². The maximum absolute atomic E-state index is 12.1. The molecule has 1 amide bonds. The second kappa shape index (κ2) is 8.12. The molecule has 1 heterocycles. The number of ether oxygens (including phenoxy) is 1. The van der Waals surface area contributed by atoms with Crippen LogP contribution in [0.2, 0.25) is 0 Å². The van der Waals surface area contributed by atoms with Gasteiger partial charge in [0.2, 0.25) is 5.91 Å². The predicted octanol–water partition coefficient (Wildman–Crippen LogP) is 0.744. The summed E-state index contributed by atoms with van der Waals surface area (Å²) < 4.78 is 4.79. The number of rotatable bonds is 6. The summed E-state index contributed by atoms with van der Waals surface area (Å²) >= 11 is 0. The summed E-state index contributed by atoms with van der Waals surface area (Å²) in [6, 6.07) is -0.830. The van der Waals surface area contributed by atoms with Crippen LogP contribution in [0.3, 0.4) is 0 Å². The highest BCUT2D eigenvalue weighted by atomic mass is 16.5. The highest BCUT2D eigenvalue weighted by Crippen LogP contribution is 2.17. The first-order valence-corrected chi connectivity index (χ1v) is 7.48. The number of esters is 1. The Balaban J connectivity index is 2.62. The highest BCUT2D eigenvalue weighted by Gasteiger charge is 2.31. The van der Waals surface area contributed by atoms with Crippen LogP contribution in [-0.2, 0) is 19.1 Å². The van der Waals surface area contributed by atoms with E-state index < -0.39 is 6.04 Å². The molecule has 1 aliphatic rings. The highest BCUT2D eigenvalue weighted by molar-refractivity contribution is 5.88. The van der Waals surface area contributed by atoms with Crippen molar-refractivity contribution in [1.82, 2.24) is 10.2 Å². The summed E-state index contributed by atoms with van der Waals surface area (Å²) in [6.07, 6.45) is 2.63. The first-order valence-electron chi connectivity index (χ1n) is 7.48. The van der Waals surface area contributed by atoms with E-state index in [9.17, 15) is 14.4 Å². The van der Waals surface area contributed by atoms with Gasteiger partial charge in [0.25, 0.3) is 0 Å². The Morgan fingerprint density at radius 1 is 1.29 bits per heavy atom. The third-order valence-electron chi connectivity index (χ3n) is 3.85. The lowest BCUT2D eigenvalue weighted by atomic mass is 10.00. The van der Waals surface area contributed by atoms with E-state index in [1.165, 1.54) is 14.0 Å². The van der Waals surface area contributed by atoms with Gasteiger partial charge in [0.1, 0.15) is 6.04 Å². The zero-order valence-electron chi connectivity index (χ0n) is 13.3. The third kappa shape index (κ3) is 5.12. The minimum Gasteiger partial charge on any atom is -0.468 e. The van der Waals surface area contributed by atoms with Crippen molar-refractivity contribution in [2.75, 3.05) is 20.2 Å². The van der Waals surface area contributed by atoms with E-state index in [4.69, 9.17) is 4.74 Å². The second-order valence-electron chi connectivity index (χ2n) is 5.91. The maximum atomic E-state index is 12.1. The van der Waals surface area contributed by atoms with Gasteiger partial charge in [-0.2, -0.15) is 0 Å². The average Bonchev–Trinajstić information content (AvgIpc) is 2.43. The molecule has 2 unspecified atom stereocenters. The van der Waals surface area contributed by atoms with Gasteiger partial charge in [-0.05, 0) is 32.2 Å². The molecule has 0 spiro atoms. The first-order chi connectivity index (χ1) is 9.86. The molecule has 0 aromatic carbocycles. The second-order valence-corrected chi connectivity index (χ2v) is 5.91. The number of likely N-dealkylation sites (tertiary alicyclic amines) is 1. The van der Waals surface area contributed by atoms with E-state index in [0.717, 1.165) is 12.8 Å². The Kier molecular flexibility index (Phi) is 6.81. The van der Waals surface area contributed by atoms with Gasteiger partial charge in [-0.1, -0.05) is 20.3 Å². The fourth-order valence-electron chi connectivity index (χ4n) is 2.72. The van der Waals surface area contributed by atoms with Gasteiger partial charge >= 0.3 is 5.97 Å². The van der Waals surface area contributed by atoms with Crippen molar-refractivity contribution in [3.63, 3.8) is 0 Å². The van der Waals surface area contributed by atoms with Crippen molar-refractivity contribution in [3.05, 3.63) is 0 Å². The smallest absolute Gasteiger partial charge is 0.323 e. The van der Waals surface area contributed by atoms with Crippen LogP contribution in [0.5, 0.6) is 0 Å². The molecule has 1 aliphatic heterocycles. The lowest BCUT2D eigenvalue weighted by Gasteiger charge is -2.33. The van der Waals surface area contributed by atoms with Gasteiger partial charge in [0.15, 0.2) is 5.78 Å². The van der Waals surface area contributed by atoms with E-state index >= 15 is 0 Å². The number of carbonyl (C=O) groups excluding carboxylic acids is 3. The normalized spacial score (nSPS) is 20.9. The SMILES string of the molecule is COC(=O)C1CCCCN1CC(=O)NC(C(C)=O)C(C)C. The van der Waals surface area contributed by atoms with Crippen molar-refractivity contribution in [2.24, 2.45) is 5.92 Å². The van der Waals surface area contributed by atoms with Crippen LogP contribution in [0, 0.1) is 5.92 Å². The summed E-state index contributed by atoms with van der Waals surface area (Å²) in [4.78, 5) is 37.2. The van der Waals surface area contributed by atoms with Crippen molar-refractivity contribution < 1.29 is 19.1 Å². The molecule has 0 radical (unpaired) electrons. The third-order valence-corrected chi connectivity index (χ3v) is 3.85. The maximum Gasteiger partial charge on any atom is 0.323 e. The van der Waals surface area contributed by atoms with Gasteiger partial charge < -0.3 is 10.1 Å². The topological polar surface area (TPSA) is 75.7 Å². The van der Waals surface area contributed by atoms with Gasteiger partial charge in [-0.15, -0.1) is 0 Å². The van der Waals surface area contributed by atoms with E-state index in [1.54, 1.807) is 0 Å². The Morgan fingerprint density at radius 3 is 2.48 bits per heavy atom. The lowest BCUT2D eigenvalue weighted by Crippen LogP contribution is -2.52. The summed E-state index contributed by atoms with van der Waals surface area (Å²) in [5, 5.41) is 2.76. The minimum absolute atomic E-state index is 0.0456. The van der Waals surface area contributed by atoms with Crippen molar-refractivity contribution in [1.29, 1.82) is 0 Å². The average molecular weight is 298 g/mol. The van der Waals surface area contributed by atoms with Crippen LogP contribution in [0.25, 0.3) is 0 Å². The van der Waals surface area contributed by atoms with Crippen LogP contribution >= 0.6 is 0 Å². The first kappa shape index (κ1) is 17.6. The zero-order chi connectivity index (χ0) is 16.0. The summed E-state index contributed by atoms with van der Waals surface area (Å²) in [6.45, 7) is 6.08. The Bertz CT molecular complexity index is 395.